The Morgan fingerprint density at radius 1 is 1.39 bits per heavy atom. The second-order valence-electron chi connectivity index (χ2n) is 5.59. The van der Waals surface area contributed by atoms with Crippen molar-refractivity contribution in [1.29, 1.82) is 0 Å². The second-order valence-corrected chi connectivity index (χ2v) is 6.57. The van der Waals surface area contributed by atoms with E-state index in [0.29, 0.717) is 19.1 Å². The van der Waals surface area contributed by atoms with E-state index < -0.39 is 0 Å². The summed E-state index contributed by atoms with van der Waals surface area (Å²) < 4.78 is 5.83. The summed E-state index contributed by atoms with van der Waals surface area (Å²) in [7, 11) is 0. The fourth-order valence-corrected chi connectivity index (χ4v) is 3.18. The lowest BCUT2D eigenvalue weighted by Gasteiger charge is -2.15. The molecule has 0 aromatic carbocycles. The predicted octanol–water partition coefficient (Wildman–Crippen LogP) is 2.85. The summed E-state index contributed by atoms with van der Waals surface area (Å²) in [6.07, 6.45) is 4.24. The van der Waals surface area contributed by atoms with Gasteiger partial charge in [-0.25, -0.2) is 9.97 Å². The number of aryl methyl sites for hydroxylation is 2. The zero-order chi connectivity index (χ0) is 16.2. The maximum Gasteiger partial charge on any atom is 0.317 e. The van der Waals surface area contributed by atoms with E-state index >= 15 is 0 Å². The molecule has 1 atom stereocenters. The number of aromatic nitrogens is 2. The lowest BCUT2D eigenvalue weighted by Crippen LogP contribution is -2.29. The van der Waals surface area contributed by atoms with Crippen molar-refractivity contribution in [2.45, 2.75) is 26.4 Å². The number of likely N-dealkylation sites (tertiary alicyclic amines) is 1. The van der Waals surface area contributed by atoms with Crippen molar-refractivity contribution in [2.75, 3.05) is 13.1 Å². The van der Waals surface area contributed by atoms with E-state index in [1.807, 2.05) is 43.5 Å². The van der Waals surface area contributed by atoms with Gasteiger partial charge in [-0.05, 0) is 37.4 Å². The van der Waals surface area contributed by atoms with Gasteiger partial charge in [-0.3, -0.25) is 4.79 Å². The van der Waals surface area contributed by atoms with Gasteiger partial charge in [0, 0.05) is 35.3 Å². The van der Waals surface area contributed by atoms with Crippen LogP contribution in [0.4, 0.5) is 0 Å². The standard InChI is InChI=1S/C17H19N3O2S/c1-12-10-13(2)19-17(18-12)22-14-7-8-20(11-14)16(21)6-5-15-4-3-9-23-15/h3-6,9-10,14H,7-8,11H2,1-2H3/b6-5+/t14-/m1/s1. The van der Waals surface area contributed by atoms with Crippen LogP contribution in [0.15, 0.2) is 29.7 Å². The molecule has 2 aromatic heterocycles. The number of amides is 1. The van der Waals surface area contributed by atoms with E-state index in [9.17, 15) is 4.79 Å². The van der Waals surface area contributed by atoms with Crippen LogP contribution in [0.2, 0.25) is 0 Å². The molecule has 0 aliphatic carbocycles. The third kappa shape index (κ3) is 4.16. The van der Waals surface area contributed by atoms with Crippen molar-refractivity contribution in [3.05, 3.63) is 45.9 Å². The van der Waals surface area contributed by atoms with E-state index in [0.717, 1.165) is 22.7 Å². The Morgan fingerprint density at radius 2 is 2.17 bits per heavy atom. The highest BCUT2D eigenvalue weighted by atomic mass is 32.1. The van der Waals surface area contributed by atoms with Crippen molar-refractivity contribution < 1.29 is 9.53 Å². The molecule has 1 saturated heterocycles. The molecule has 120 valence electrons. The number of carbonyl (C=O) groups is 1. The first-order valence-corrected chi connectivity index (χ1v) is 8.47. The largest absolute Gasteiger partial charge is 0.458 e. The van der Waals surface area contributed by atoms with Crippen molar-refractivity contribution in [3.63, 3.8) is 0 Å². The molecule has 0 unspecified atom stereocenters. The van der Waals surface area contributed by atoms with Crippen LogP contribution < -0.4 is 4.74 Å². The van der Waals surface area contributed by atoms with Gasteiger partial charge in [-0.2, -0.15) is 0 Å². The smallest absolute Gasteiger partial charge is 0.317 e. The zero-order valence-electron chi connectivity index (χ0n) is 13.2. The fraction of sp³-hybridized carbons (Fsp3) is 0.353. The topological polar surface area (TPSA) is 55.3 Å². The molecule has 5 nitrogen and oxygen atoms in total. The minimum absolute atomic E-state index is 0.0193. The molecule has 1 aliphatic heterocycles. The first-order chi connectivity index (χ1) is 11.1. The third-order valence-electron chi connectivity index (χ3n) is 3.62. The number of hydrogen-bond donors (Lipinski definition) is 0. The Morgan fingerprint density at radius 3 is 2.87 bits per heavy atom. The molecule has 1 aliphatic rings. The van der Waals surface area contributed by atoms with Gasteiger partial charge in [0.15, 0.2) is 0 Å². The molecule has 0 spiro atoms. The average molecular weight is 329 g/mol. The van der Waals surface area contributed by atoms with E-state index in [1.54, 1.807) is 22.3 Å². The van der Waals surface area contributed by atoms with Gasteiger partial charge in [0.25, 0.3) is 0 Å². The van der Waals surface area contributed by atoms with Gasteiger partial charge in [0.2, 0.25) is 5.91 Å². The highest BCUT2D eigenvalue weighted by Gasteiger charge is 2.27. The van der Waals surface area contributed by atoms with Gasteiger partial charge in [0.1, 0.15) is 6.10 Å². The van der Waals surface area contributed by atoms with Crippen LogP contribution in [0, 0.1) is 13.8 Å². The third-order valence-corrected chi connectivity index (χ3v) is 4.46. The van der Waals surface area contributed by atoms with Crippen LogP contribution >= 0.6 is 11.3 Å². The molecular formula is C17H19N3O2S. The molecule has 6 heteroatoms. The van der Waals surface area contributed by atoms with Crippen LogP contribution in [0.5, 0.6) is 6.01 Å². The Hall–Kier alpha value is -2.21. The summed E-state index contributed by atoms with van der Waals surface area (Å²) in [5.41, 5.74) is 1.77. The maximum absolute atomic E-state index is 12.2. The van der Waals surface area contributed by atoms with E-state index in [1.165, 1.54) is 0 Å². The molecule has 0 N–H and O–H groups in total. The molecular weight excluding hydrogens is 310 g/mol. The number of rotatable bonds is 4. The summed E-state index contributed by atoms with van der Waals surface area (Å²) in [5.74, 6) is 0.0193. The first-order valence-electron chi connectivity index (χ1n) is 7.59. The molecule has 3 rings (SSSR count). The summed E-state index contributed by atoms with van der Waals surface area (Å²) in [5, 5.41) is 1.99. The Bertz CT molecular complexity index is 692. The molecule has 0 bridgehead atoms. The molecule has 23 heavy (non-hydrogen) atoms. The van der Waals surface area contributed by atoms with Crippen LogP contribution in [-0.2, 0) is 4.79 Å². The van der Waals surface area contributed by atoms with Gasteiger partial charge in [-0.1, -0.05) is 6.07 Å². The normalized spacial score (nSPS) is 17.8. The quantitative estimate of drug-likeness (QED) is 0.810. The average Bonchev–Trinajstić information content (AvgIpc) is 3.15. The summed E-state index contributed by atoms with van der Waals surface area (Å²) in [6, 6.07) is 6.27. The van der Waals surface area contributed by atoms with Crippen molar-refractivity contribution in [2.24, 2.45) is 0 Å². The maximum atomic E-state index is 12.2. The highest BCUT2D eigenvalue weighted by Crippen LogP contribution is 2.17. The highest BCUT2D eigenvalue weighted by molar-refractivity contribution is 7.10. The Kier molecular flexibility index (Phi) is 4.71. The Labute approximate surface area is 139 Å². The van der Waals surface area contributed by atoms with Crippen LogP contribution in [0.3, 0.4) is 0 Å². The fourth-order valence-electron chi connectivity index (χ4n) is 2.56. The second kappa shape index (κ2) is 6.91. The van der Waals surface area contributed by atoms with Crippen LogP contribution in [0.1, 0.15) is 22.7 Å². The number of ether oxygens (including phenoxy) is 1. The van der Waals surface area contributed by atoms with E-state index in [4.69, 9.17) is 4.74 Å². The van der Waals surface area contributed by atoms with Crippen molar-refractivity contribution in [3.8, 4) is 6.01 Å². The van der Waals surface area contributed by atoms with Crippen molar-refractivity contribution >= 4 is 23.3 Å². The minimum atomic E-state index is -0.0460. The SMILES string of the molecule is Cc1cc(C)nc(O[C@@H]2CCN(C(=O)/C=C/c3cccs3)C2)n1. The molecule has 2 aromatic rings. The summed E-state index contributed by atoms with van der Waals surface area (Å²) in [4.78, 5) is 23.7. The van der Waals surface area contributed by atoms with Gasteiger partial charge >= 0.3 is 6.01 Å². The molecule has 0 radical (unpaired) electrons. The lowest BCUT2D eigenvalue weighted by atomic mass is 10.3. The zero-order valence-corrected chi connectivity index (χ0v) is 14.0. The first kappa shape index (κ1) is 15.7. The number of carbonyl (C=O) groups excluding carboxylic acids is 1. The monoisotopic (exact) mass is 329 g/mol. The van der Waals surface area contributed by atoms with Crippen molar-refractivity contribution in [1.82, 2.24) is 14.9 Å². The van der Waals surface area contributed by atoms with Gasteiger partial charge in [-0.15, -0.1) is 11.3 Å². The molecule has 0 saturated carbocycles. The molecule has 1 amide bonds. The molecule has 3 heterocycles. The number of hydrogen-bond acceptors (Lipinski definition) is 5. The minimum Gasteiger partial charge on any atom is -0.458 e. The number of thiophene rings is 1. The van der Waals surface area contributed by atoms with Gasteiger partial charge in [0.05, 0.1) is 6.54 Å². The number of nitrogens with zero attached hydrogens (tertiary/aromatic N) is 3. The van der Waals surface area contributed by atoms with Gasteiger partial charge < -0.3 is 9.64 Å². The predicted molar refractivity (Wildman–Crippen MR) is 90.5 cm³/mol. The van der Waals surface area contributed by atoms with E-state index in [-0.39, 0.29) is 12.0 Å². The van der Waals surface area contributed by atoms with Crippen LogP contribution in [-0.4, -0.2) is 40.0 Å². The summed E-state index contributed by atoms with van der Waals surface area (Å²) in [6.45, 7) is 5.11. The van der Waals surface area contributed by atoms with E-state index in [2.05, 4.69) is 9.97 Å². The summed E-state index contributed by atoms with van der Waals surface area (Å²) >= 11 is 1.61. The molecule has 1 fully saturated rings. The Balaban J connectivity index is 1.56. The van der Waals surface area contributed by atoms with Crippen LogP contribution in [0.25, 0.3) is 6.08 Å². The lowest BCUT2D eigenvalue weighted by molar-refractivity contribution is -0.125.